The molecule has 0 unspecified atom stereocenters. The fraction of sp³-hybridized carbons (Fsp3) is 0.941. The third kappa shape index (κ3) is 2.45. The van der Waals surface area contributed by atoms with E-state index in [0.717, 1.165) is 50.4 Å². The maximum atomic E-state index is 12.3. The zero-order valence-corrected chi connectivity index (χ0v) is 12.8. The van der Waals surface area contributed by atoms with Gasteiger partial charge in [0.1, 0.15) is 5.72 Å². The molecule has 5 saturated carbocycles. The van der Waals surface area contributed by atoms with Crippen LogP contribution in [0.25, 0.3) is 0 Å². The minimum absolute atomic E-state index is 0.142. The molecule has 5 fully saturated rings. The molecule has 0 heterocycles. The van der Waals surface area contributed by atoms with E-state index in [1.54, 1.807) is 0 Å². The first-order valence-corrected chi connectivity index (χ1v) is 8.94. The van der Waals surface area contributed by atoms with Gasteiger partial charge in [0.25, 0.3) is 0 Å². The summed E-state index contributed by atoms with van der Waals surface area (Å²) >= 11 is 0. The Morgan fingerprint density at radius 3 is 2.05 bits per heavy atom. The van der Waals surface area contributed by atoms with Crippen LogP contribution in [0.4, 0.5) is 4.79 Å². The molecule has 118 valence electrons. The van der Waals surface area contributed by atoms with Gasteiger partial charge in [-0.25, -0.2) is 4.79 Å². The minimum Gasteiger partial charge on any atom is -0.370 e. The molecule has 4 nitrogen and oxygen atoms in total. The van der Waals surface area contributed by atoms with Crippen LogP contribution < -0.4 is 10.6 Å². The molecule has 0 spiro atoms. The van der Waals surface area contributed by atoms with E-state index >= 15 is 0 Å². The van der Waals surface area contributed by atoms with E-state index < -0.39 is 5.72 Å². The Labute approximate surface area is 127 Å². The van der Waals surface area contributed by atoms with E-state index in [-0.39, 0.29) is 17.9 Å². The van der Waals surface area contributed by atoms with E-state index in [1.807, 2.05) is 0 Å². The highest BCUT2D eigenvalue weighted by atomic mass is 16.3. The van der Waals surface area contributed by atoms with Crippen LogP contribution in [0, 0.1) is 23.7 Å². The van der Waals surface area contributed by atoms with Gasteiger partial charge >= 0.3 is 6.03 Å². The lowest BCUT2D eigenvalue weighted by molar-refractivity contribution is -0.183. The van der Waals surface area contributed by atoms with Crippen LogP contribution in [0.3, 0.4) is 0 Å². The Bertz CT molecular complexity index is 389. The molecular formula is C17H28N2O2. The topological polar surface area (TPSA) is 61.4 Å². The summed E-state index contributed by atoms with van der Waals surface area (Å²) in [5, 5.41) is 17.2. The van der Waals surface area contributed by atoms with E-state index in [1.165, 1.54) is 25.7 Å². The Kier molecular flexibility index (Phi) is 3.40. The van der Waals surface area contributed by atoms with Crippen LogP contribution in [-0.4, -0.2) is 22.9 Å². The van der Waals surface area contributed by atoms with E-state index in [0.29, 0.717) is 6.04 Å². The molecule has 5 aliphatic carbocycles. The molecule has 21 heavy (non-hydrogen) atoms. The van der Waals surface area contributed by atoms with Crippen molar-refractivity contribution in [2.45, 2.75) is 76.0 Å². The molecule has 0 aliphatic heterocycles. The lowest BCUT2D eigenvalue weighted by Crippen LogP contribution is -2.67. The Balaban J connectivity index is 1.40. The molecule has 3 N–H and O–H groups in total. The predicted molar refractivity (Wildman–Crippen MR) is 80.5 cm³/mol. The number of rotatable bonds is 2. The van der Waals surface area contributed by atoms with E-state index in [2.05, 4.69) is 10.6 Å². The fourth-order valence-corrected chi connectivity index (χ4v) is 5.76. The predicted octanol–water partition coefficient (Wildman–Crippen LogP) is 2.76. The van der Waals surface area contributed by atoms with Crippen molar-refractivity contribution >= 4 is 6.03 Å². The highest BCUT2D eigenvalue weighted by Crippen LogP contribution is 2.57. The van der Waals surface area contributed by atoms with Crippen molar-refractivity contribution < 1.29 is 9.90 Å². The van der Waals surface area contributed by atoms with Gasteiger partial charge in [-0.1, -0.05) is 19.3 Å². The second kappa shape index (κ2) is 5.15. The molecule has 4 heteroatoms. The van der Waals surface area contributed by atoms with Gasteiger partial charge < -0.3 is 15.7 Å². The van der Waals surface area contributed by atoms with Gasteiger partial charge in [-0.2, -0.15) is 0 Å². The van der Waals surface area contributed by atoms with Gasteiger partial charge in [0, 0.05) is 17.9 Å². The molecule has 0 aromatic carbocycles. The number of hydrogen-bond donors (Lipinski definition) is 3. The van der Waals surface area contributed by atoms with Crippen LogP contribution in [0.1, 0.15) is 64.2 Å². The van der Waals surface area contributed by atoms with Gasteiger partial charge in [-0.05, 0) is 56.8 Å². The first-order valence-electron chi connectivity index (χ1n) is 8.94. The summed E-state index contributed by atoms with van der Waals surface area (Å²) < 4.78 is 0. The molecule has 5 rings (SSSR count). The SMILES string of the molecule is O=C(NC1CCCCC1)NC1(O)C2CC3CC(C2)CC1C3. The first kappa shape index (κ1) is 13.9. The first-order chi connectivity index (χ1) is 10.1. The smallest absolute Gasteiger partial charge is 0.317 e. The average Bonchev–Trinajstić information content (AvgIpc) is 2.45. The molecule has 5 aliphatic rings. The largest absolute Gasteiger partial charge is 0.370 e. The number of carbonyl (C=O) groups is 1. The zero-order chi connectivity index (χ0) is 14.4. The van der Waals surface area contributed by atoms with Crippen molar-refractivity contribution in [1.29, 1.82) is 0 Å². The maximum Gasteiger partial charge on any atom is 0.317 e. The number of urea groups is 1. The summed E-state index contributed by atoms with van der Waals surface area (Å²) in [6.07, 6.45) is 11.7. The second-order valence-electron chi connectivity index (χ2n) is 8.06. The monoisotopic (exact) mass is 292 g/mol. The van der Waals surface area contributed by atoms with Gasteiger partial charge in [0.2, 0.25) is 0 Å². The summed E-state index contributed by atoms with van der Waals surface area (Å²) in [5.74, 6) is 2.17. The van der Waals surface area contributed by atoms with Crippen LogP contribution in [0.2, 0.25) is 0 Å². The standard InChI is InChI=1S/C17H28N2O2/c20-16(18-15-4-2-1-3-5-15)19-17(21)13-7-11-6-12(9-13)10-14(17)8-11/h11-15,21H,1-10H2,(H2,18,19,20). The quantitative estimate of drug-likeness (QED) is 0.685. The van der Waals surface area contributed by atoms with Crippen molar-refractivity contribution in [2.24, 2.45) is 23.7 Å². The van der Waals surface area contributed by atoms with Crippen LogP contribution in [-0.2, 0) is 0 Å². The number of hydrogen-bond acceptors (Lipinski definition) is 2. The van der Waals surface area contributed by atoms with Crippen LogP contribution >= 0.6 is 0 Å². The summed E-state index contributed by atoms with van der Waals surface area (Å²) in [6, 6.07) is 0.163. The third-order valence-electron chi connectivity index (χ3n) is 6.64. The lowest BCUT2D eigenvalue weighted by atomic mass is 9.52. The van der Waals surface area contributed by atoms with Crippen molar-refractivity contribution in [2.75, 3.05) is 0 Å². The lowest BCUT2D eigenvalue weighted by Gasteiger charge is -2.58. The van der Waals surface area contributed by atoms with Gasteiger partial charge in [0.05, 0.1) is 0 Å². The van der Waals surface area contributed by atoms with Crippen molar-refractivity contribution in [1.82, 2.24) is 10.6 Å². The number of nitrogens with one attached hydrogen (secondary N) is 2. The molecule has 0 aromatic heterocycles. The molecule has 2 amide bonds. The number of aliphatic hydroxyl groups is 1. The highest BCUT2D eigenvalue weighted by Gasteiger charge is 2.57. The van der Waals surface area contributed by atoms with E-state index in [4.69, 9.17) is 0 Å². The van der Waals surface area contributed by atoms with Crippen LogP contribution in [0.15, 0.2) is 0 Å². The number of amides is 2. The molecule has 0 saturated heterocycles. The molecular weight excluding hydrogens is 264 g/mol. The fourth-order valence-electron chi connectivity index (χ4n) is 5.76. The Morgan fingerprint density at radius 1 is 0.905 bits per heavy atom. The molecule has 4 bridgehead atoms. The maximum absolute atomic E-state index is 12.3. The van der Waals surface area contributed by atoms with Crippen LogP contribution in [0.5, 0.6) is 0 Å². The van der Waals surface area contributed by atoms with Crippen molar-refractivity contribution in [3.05, 3.63) is 0 Å². The summed E-state index contributed by atoms with van der Waals surface area (Å²) in [6.45, 7) is 0. The van der Waals surface area contributed by atoms with Gasteiger partial charge in [-0.15, -0.1) is 0 Å². The summed E-state index contributed by atoms with van der Waals surface area (Å²) in [7, 11) is 0. The third-order valence-corrected chi connectivity index (χ3v) is 6.64. The minimum atomic E-state index is -0.938. The summed E-state index contributed by atoms with van der Waals surface area (Å²) in [5.41, 5.74) is -0.938. The van der Waals surface area contributed by atoms with Gasteiger partial charge in [0.15, 0.2) is 0 Å². The molecule has 0 atom stereocenters. The second-order valence-corrected chi connectivity index (χ2v) is 8.06. The van der Waals surface area contributed by atoms with Crippen molar-refractivity contribution in [3.8, 4) is 0 Å². The summed E-state index contributed by atoms with van der Waals surface area (Å²) in [4.78, 5) is 12.3. The normalized spacial score (nSPS) is 45.6. The van der Waals surface area contributed by atoms with Gasteiger partial charge in [-0.3, -0.25) is 0 Å². The van der Waals surface area contributed by atoms with E-state index in [9.17, 15) is 9.90 Å². The highest BCUT2D eigenvalue weighted by molar-refractivity contribution is 5.75. The molecule has 0 radical (unpaired) electrons. The van der Waals surface area contributed by atoms with Crippen molar-refractivity contribution in [3.63, 3.8) is 0 Å². The molecule has 0 aromatic rings. The number of carbonyl (C=O) groups excluding carboxylic acids is 1. The average molecular weight is 292 g/mol. The Hall–Kier alpha value is -0.770. The Morgan fingerprint density at radius 2 is 1.48 bits per heavy atom. The zero-order valence-electron chi connectivity index (χ0n) is 12.8.